The Bertz CT molecular complexity index is 1450. The van der Waals surface area contributed by atoms with Gasteiger partial charge < -0.3 is 30.4 Å². The van der Waals surface area contributed by atoms with Crippen LogP contribution in [0, 0.1) is 5.82 Å². The minimum absolute atomic E-state index is 0.0413. The third-order valence-corrected chi connectivity index (χ3v) is 7.41. The monoisotopic (exact) mass is 560 g/mol. The van der Waals surface area contributed by atoms with E-state index < -0.39 is 46.6 Å². The summed E-state index contributed by atoms with van der Waals surface area (Å²) in [6.45, 7) is 3.47. The van der Waals surface area contributed by atoms with Crippen LogP contribution in [0.2, 0.25) is 0 Å². The number of carbonyl (C=O) groups excluding carboxylic acids is 2. The Kier molecular flexibility index (Phi) is 8.57. The van der Waals surface area contributed by atoms with Crippen LogP contribution in [0.1, 0.15) is 68.8 Å². The van der Waals surface area contributed by atoms with Crippen molar-refractivity contribution < 1.29 is 33.0 Å². The summed E-state index contributed by atoms with van der Waals surface area (Å²) in [5, 5.41) is 11.9. The Morgan fingerprint density at radius 3 is 2.55 bits per heavy atom. The molecule has 1 aliphatic carbocycles. The molecule has 1 saturated carbocycles. The van der Waals surface area contributed by atoms with E-state index in [4.69, 9.17) is 10.5 Å². The van der Waals surface area contributed by atoms with Crippen molar-refractivity contribution in [3.63, 3.8) is 0 Å². The number of anilines is 1. The van der Waals surface area contributed by atoms with E-state index in [0.29, 0.717) is 30.5 Å². The molecule has 12 heteroatoms. The first-order valence-corrected chi connectivity index (χ1v) is 13.3. The number of ether oxygens (including phenoxy) is 1. The number of amides is 1. The number of nitrogens with one attached hydrogen (secondary N) is 1. The number of halogens is 2. The SMILES string of the molecule is COc1c(N2CCC/C(=C(\F)CCC(=O)[C@H](C)NC(=O)[C@H](C)N)C2)c(F)cc2c(=O)c(C(=O)O)cn(C3CC3)c12. The van der Waals surface area contributed by atoms with Crippen molar-refractivity contribution >= 4 is 34.3 Å². The molecule has 0 spiro atoms. The molecule has 40 heavy (non-hydrogen) atoms. The molecule has 0 radical (unpaired) electrons. The van der Waals surface area contributed by atoms with Gasteiger partial charge in [-0.25, -0.2) is 13.6 Å². The number of nitrogens with zero attached hydrogens (tertiary/aromatic N) is 2. The lowest BCUT2D eigenvalue weighted by molar-refractivity contribution is -0.127. The number of aromatic carboxylic acids is 1. The summed E-state index contributed by atoms with van der Waals surface area (Å²) in [5.74, 6) is -3.35. The lowest BCUT2D eigenvalue weighted by Gasteiger charge is -2.33. The number of ketones is 1. The van der Waals surface area contributed by atoms with Crippen LogP contribution in [-0.4, -0.2) is 59.6 Å². The molecule has 4 rings (SSSR count). The second-order valence-corrected chi connectivity index (χ2v) is 10.5. The van der Waals surface area contributed by atoms with E-state index in [1.807, 2.05) is 0 Å². The first-order valence-electron chi connectivity index (χ1n) is 13.3. The van der Waals surface area contributed by atoms with Crippen molar-refractivity contribution in [2.75, 3.05) is 25.1 Å². The smallest absolute Gasteiger partial charge is 0.341 e. The zero-order chi connectivity index (χ0) is 29.3. The van der Waals surface area contributed by atoms with E-state index in [9.17, 15) is 24.3 Å². The highest BCUT2D eigenvalue weighted by Crippen LogP contribution is 2.44. The van der Waals surface area contributed by atoms with Crippen molar-refractivity contribution in [3.8, 4) is 5.75 Å². The number of nitrogens with two attached hydrogens (primary N) is 1. The summed E-state index contributed by atoms with van der Waals surface area (Å²) < 4.78 is 38.2. The van der Waals surface area contributed by atoms with Gasteiger partial charge in [-0.15, -0.1) is 0 Å². The fourth-order valence-electron chi connectivity index (χ4n) is 5.06. The third-order valence-electron chi connectivity index (χ3n) is 7.41. The number of benzene rings is 1. The van der Waals surface area contributed by atoms with E-state index >= 15 is 8.78 Å². The Morgan fingerprint density at radius 2 is 1.95 bits per heavy atom. The van der Waals surface area contributed by atoms with Gasteiger partial charge in [-0.3, -0.25) is 14.4 Å². The molecule has 0 bridgehead atoms. The fourth-order valence-corrected chi connectivity index (χ4v) is 5.06. The number of rotatable bonds is 10. The van der Waals surface area contributed by atoms with Gasteiger partial charge in [0.15, 0.2) is 17.3 Å². The van der Waals surface area contributed by atoms with Crippen molar-refractivity contribution in [3.05, 3.63) is 45.3 Å². The quantitative estimate of drug-likeness (QED) is 0.402. The van der Waals surface area contributed by atoms with Crippen molar-refractivity contribution in [1.29, 1.82) is 0 Å². The van der Waals surface area contributed by atoms with Gasteiger partial charge in [-0.2, -0.15) is 0 Å². The van der Waals surface area contributed by atoms with Crippen LogP contribution in [0.5, 0.6) is 5.75 Å². The largest absolute Gasteiger partial charge is 0.492 e. The molecule has 2 aliphatic rings. The molecule has 1 aromatic heterocycles. The van der Waals surface area contributed by atoms with Crippen LogP contribution in [-0.2, 0) is 9.59 Å². The number of Topliss-reactive ketones (excluding diaryl/α,β-unsaturated/α-hetero) is 1. The highest BCUT2D eigenvalue weighted by atomic mass is 19.1. The molecule has 1 saturated heterocycles. The first-order chi connectivity index (χ1) is 18.9. The Morgan fingerprint density at radius 1 is 1.25 bits per heavy atom. The molecule has 10 nitrogen and oxygen atoms in total. The number of carbonyl (C=O) groups is 3. The number of piperidine rings is 1. The predicted molar refractivity (Wildman–Crippen MR) is 145 cm³/mol. The Balaban J connectivity index is 1.63. The maximum absolute atomic E-state index is 15.6. The second kappa shape index (κ2) is 11.7. The molecule has 1 aliphatic heterocycles. The summed E-state index contributed by atoms with van der Waals surface area (Å²) in [4.78, 5) is 50.4. The van der Waals surface area contributed by atoms with Gasteiger partial charge in [0.1, 0.15) is 17.1 Å². The Labute approximate surface area is 229 Å². The fraction of sp³-hybridized carbons (Fsp3) is 0.500. The van der Waals surface area contributed by atoms with Crippen LogP contribution < -0.4 is 26.1 Å². The number of aromatic nitrogens is 1. The van der Waals surface area contributed by atoms with Gasteiger partial charge >= 0.3 is 5.97 Å². The van der Waals surface area contributed by atoms with Crippen LogP contribution in [0.15, 0.2) is 28.5 Å². The summed E-state index contributed by atoms with van der Waals surface area (Å²) in [7, 11) is 1.35. The summed E-state index contributed by atoms with van der Waals surface area (Å²) in [6.07, 6.45) is 3.51. The molecule has 2 fully saturated rings. The molecule has 2 atom stereocenters. The maximum atomic E-state index is 15.6. The predicted octanol–water partition coefficient (Wildman–Crippen LogP) is 3.21. The van der Waals surface area contributed by atoms with Crippen molar-refractivity contribution in [2.45, 2.75) is 70.5 Å². The topological polar surface area (TPSA) is 144 Å². The minimum atomic E-state index is -1.39. The molecule has 4 N–H and O–H groups in total. The second-order valence-electron chi connectivity index (χ2n) is 10.5. The lowest BCUT2D eigenvalue weighted by atomic mass is 9.99. The van der Waals surface area contributed by atoms with Crippen LogP contribution >= 0.6 is 0 Å². The van der Waals surface area contributed by atoms with Gasteiger partial charge in [0.05, 0.1) is 30.1 Å². The van der Waals surface area contributed by atoms with Gasteiger partial charge in [0.2, 0.25) is 11.3 Å². The molecule has 2 heterocycles. The standard InChI is InChI=1S/C28H34F2N4O6/c1-14(31)27(37)32-15(2)22(35)9-8-20(29)16-5-4-10-33(12-16)24-21(30)11-18-23(26(24)40-3)34(17-6-7-17)13-19(25(18)36)28(38)39/h11,13-15,17H,4-10,12,31H2,1-3H3,(H,32,37)(H,38,39)/b20-16+/t14-,15-/m0/s1. The number of carboxylic acids is 1. The number of allylic oxidation sites excluding steroid dienone is 1. The number of pyridine rings is 1. The summed E-state index contributed by atoms with van der Waals surface area (Å²) >= 11 is 0. The third kappa shape index (κ3) is 5.86. The van der Waals surface area contributed by atoms with Crippen LogP contribution in [0.25, 0.3) is 10.9 Å². The molecule has 1 aromatic carbocycles. The molecule has 1 amide bonds. The van der Waals surface area contributed by atoms with Crippen LogP contribution in [0.3, 0.4) is 0 Å². The van der Waals surface area contributed by atoms with Gasteiger partial charge in [-0.1, -0.05) is 0 Å². The normalized spacial score (nSPS) is 18.3. The number of hydrogen-bond donors (Lipinski definition) is 3. The molecule has 2 aromatic rings. The number of carboxylic acid groups (broad SMARTS) is 1. The minimum Gasteiger partial charge on any atom is -0.492 e. The van der Waals surface area contributed by atoms with E-state index in [-0.39, 0.29) is 48.0 Å². The molecule has 0 unspecified atom stereocenters. The van der Waals surface area contributed by atoms with E-state index in [0.717, 1.165) is 18.9 Å². The zero-order valence-electron chi connectivity index (χ0n) is 22.8. The van der Waals surface area contributed by atoms with E-state index in [1.54, 1.807) is 9.47 Å². The molecular weight excluding hydrogens is 526 g/mol. The van der Waals surface area contributed by atoms with Crippen molar-refractivity contribution in [2.24, 2.45) is 5.73 Å². The molecule has 216 valence electrons. The number of hydrogen-bond acceptors (Lipinski definition) is 7. The van der Waals surface area contributed by atoms with E-state index in [2.05, 4.69) is 5.32 Å². The van der Waals surface area contributed by atoms with Gasteiger partial charge in [0.25, 0.3) is 0 Å². The molecular formula is C28H34F2N4O6. The Hall–Kier alpha value is -3.80. The van der Waals surface area contributed by atoms with Crippen molar-refractivity contribution in [1.82, 2.24) is 9.88 Å². The highest BCUT2D eigenvalue weighted by molar-refractivity contribution is 5.97. The number of methoxy groups -OCH3 is 1. The van der Waals surface area contributed by atoms with Gasteiger partial charge in [-0.05, 0) is 51.2 Å². The maximum Gasteiger partial charge on any atom is 0.341 e. The van der Waals surface area contributed by atoms with Crippen LogP contribution in [0.4, 0.5) is 14.5 Å². The average molecular weight is 561 g/mol. The summed E-state index contributed by atoms with van der Waals surface area (Å²) in [5.41, 5.74) is 5.06. The summed E-state index contributed by atoms with van der Waals surface area (Å²) in [6, 6.07) is -0.583. The lowest BCUT2D eigenvalue weighted by Crippen LogP contribution is -2.45. The highest BCUT2D eigenvalue weighted by Gasteiger charge is 2.32. The first kappa shape index (κ1) is 29.2. The average Bonchev–Trinajstić information content (AvgIpc) is 3.76. The number of fused-ring (bicyclic) bond motifs is 1. The van der Waals surface area contributed by atoms with E-state index in [1.165, 1.54) is 27.2 Å². The van der Waals surface area contributed by atoms with Gasteiger partial charge in [0, 0.05) is 38.2 Å². The zero-order valence-corrected chi connectivity index (χ0v) is 22.8.